The van der Waals surface area contributed by atoms with Crippen LogP contribution in [0.4, 0.5) is 0 Å². The van der Waals surface area contributed by atoms with Gasteiger partial charge in [0.1, 0.15) is 6.29 Å². The molecule has 1 rings (SSSR count). The Bertz CT molecular complexity index is 305. The van der Waals surface area contributed by atoms with Gasteiger partial charge in [-0.1, -0.05) is 12.1 Å². The lowest BCUT2D eigenvalue weighted by Crippen LogP contribution is -2.14. The number of hydrogen-bond acceptors (Lipinski definition) is 4. The molecule has 0 unspecified atom stereocenters. The van der Waals surface area contributed by atoms with Crippen molar-refractivity contribution in [1.29, 1.82) is 0 Å². The number of rotatable bonds is 3. The van der Waals surface area contributed by atoms with E-state index in [2.05, 4.69) is 10.3 Å². The average molecular weight is 179 g/mol. The Morgan fingerprint density at radius 2 is 2.00 bits per heavy atom. The van der Waals surface area contributed by atoms with E-state index in [1.165, 1.54) is 19.2 Å². The van der Waals surface area contributed by atoms with E-state index in [4.69, 9.17) is 0 Å². The molecule has 0 saturated heterocycles. The summed E-state index contributed by atoms with van der Waals surface area (Å²) < 4.78 is 0. The number of aldehydes is 1. The fourth-order valence-corrected chi connectivity index (χ4v) is 0.849. The maximum Gasteiger partial charge on any atom is 0.356 e. The van der Waals surface area contributed by atoms with E-state index < -0.39 is 5.97 Å². The Labute approximate surface area is 75.5 Å². The van der Waals surface area contributed by atoms with Crippen molar-refractivity contribution >= 4 is 12.3 Å². The van der Waals surface area contributed by atoms with Crippen molar-refractivity contribution in [2.75, 3.05) is 7.05 Å². The molecule has 0 aliphatic rings. The molecule has 0 aromatic heterocycles. The van der Waals surface area contributed by atoms with Crippen molar-refractivity contribution in [2.24, 2.45) is 0 Å². The Hall–Kier alpha value is -1.68. The van der Waals surface area contributed by atoms with Gasteiger partial charge in [0.05, 0.1) is 5.56 Å². The predicted molar refractivity (Wildman–Crippen MR) is 46.3 cm³/mol. The van der Waals surface area contributed by atoms with Gasteiger partial charge in [0, 0.05) is 12.6 Å². The monoisotopic (exact) mass is 179 g/mol. The Balaban J connectivity index is 2.79. The highest BCUT2D eigenvalue weighted by Crippen LogP contribution is 2.03. The fourth-order valence-electron chi connectivity index (χ4n) is 0.849. The van der Waals surface area contributed by atoms with Gasteiger partial charge in [-0.25, -0.2) is 4.79 Å². The molecule has 0 aliphatic carbocycles. The number of carbonyl (C=O) groups is 2. The molecule has 0 aliphatic heterocycles. The second-order valence-corrected chi connectivity index (χ2v) is 2.33. The summed E-state index contributed by atoms with van der Waals surface area (Å²) in [5.74, 6) is -0.472. The predicted octanol–water partition coefficient (Wildman–Crippen LogP) is 0.790. The molecule has 1 N–H and O–H groups in total. The van der Waals surface area contributed by atoms with Crippen LogP contribution >= 0.6 is 0 Å². The normalized spacial score (nSPS) is 9.31. The highest BCUT2D eigenvalue weighted by Gasteiger charge is 2.05. The average Bonchev–Trinajstić information content (AvgIpc) is 2.18. The third kappa shape index (κ3) is 2.38. The molecule has 0 heterocycles. The van der Waals surface area contributed by atoms with E-state index in [9.17, 15) is 9.59 Å². The van der Waals surface area contributed by atoms with Crippen LogP contribution in [0, 0.1) is 0 Å². The lowest BCUT2D eigenvalue weighted by molar-refractivity contribution is 0.0310. The molecule has 1 aromatic rings. The molecular formula is C9H9NO3. The molecular weight excluding hydrogens is 170 g/mol. The van der Waals surface area contributed by atoms with Gasteiger partial charge in [-0.2, -0.15) is 5.48 Å². The van der Waals surface area contributed by atoms with Crippen molar-refractivity contribution < 1.29 is 14.4 Å². The number of carbonyl (C=O) groups excluding carboxylic acids is 2. The van der Waals surface area contributed by atoms with Crippen LogP contribution < -0.4 is 5.48 Å². The fraction of sp³-hybridized carbons (Fsp3) is 0.111. The van der Waals surface area contributed by atoms with Crippen LogP contribution in [0.25, 0.3) is 0 Å². The van der Waals surface area contributed by atoms with E-state index in [-0.39, 0.29) is 0 Å². The summed E-state index contributed by atoms with van der Waals surface area (Å²) in [5.41, 5.74) is 3.21. The van der Waals surface area contributed by atoms with Gasteiger partial charge < -0.3 is 4.84 Å². The van der Waals surface area contributed by atoms with Crippen LogP contribution in [0.3, 0.4) is 0 Å². The second kappa shape index (κ2) is 4.37. The van der Waals surface area contributed by atoms with Crippen LogP contribution in [0.1, 0.15) is 20.7 Å². The third-order valence-corrected chi connectivity index (χ3v) is 1.48. The number of hydroxylamine groups is 1. The molecule has 0 fully saturated rings. The Morgan fingerprint density at radius 3 is 2.46 bits per heavy atom. The molecule has 0 saturated carbocycles. The van der Waals surface area contributed by atoms with Gasteiger partial charge in [0.2, 0.25) is 0 Å². The molecule has 13 heavy (non-hydrogen) atoms. The summed E-state index contributed by atoms with van der Waals surface area (Å²) >= 11 is 0. The van der Waals surface area contributed by atoms with E-state index >= 15 is 0 Å². The highest BCUT2D eigenvalue weighted by molar-refractivity contribution is 5.90. The van der Waals surface area contributed by atoms with Gasteiger partial charge in [-0.3, -0.25) is 4.79 Å². The summed E-state index contributed by atoms with van der Waals surface area (Å²) in [7, 11) is 1.50. The van der Waals surface area contributed by atoms with Gasteiger partial charge in [-0.15, -0.1) is 0 Å². The van der Waals surface area contributed by atoms with E-state index in [0.717, 1.165) is 0 Å². The van der Waals surface area contributed by atoms with E-state index in [1.807, 2.05) is 0 Å². The SMILES string of the molecule is CNOC(=O)c1ccc(C=O)cc1. The van der Waals surface area contributed by atoms with Crippen molar-refractivity contribution in [3.05, 3.63) is 35.4 Å². The molecule has 0 spiro atoms. The zero-order chi connectivity index (χ0) is 9.68. The summed E-state index contributed by atoms with van der Waals surface area (Å²) in [6.45, 7) is 0. The lowest BCUT2D eigenvalue weighted by Gasteiger charge is -2.00. The zero-order valence-electron chi connectivity index (χ0n) is 7.11. The standard InChI is InChI=1S/C9H9NO3/c1-10-13-9(12)8-4-2-7(6-11)3-5-8/h2-6,10H,1H3. The van der Waals surface area contributed by atoms with Crippen LogP contribution in [-0.4, -0.2) is 19.3 Å². The molecule has 1 aromatic carbocycles. The minimum atomic E-state index is -0.472. The van der Waals surface area contributed by atoms with Crippen molar-refractivity contribution in [2.45, 2.75) is 0 Å². The Kier molecular flexibility index (Phi) is 3.16. The quantitative estimate of drug-likeness (QED) is 0.550. The van der Waals surface area contributed by atoms with Crippen LogP contribution in [0.15, 0.2) is 24.3 Å². The Morgan fingerprint density at radius 1 is 1.38 bits per heavy atom. The smallest absolute Gasteiger partial charge is 0.356 e. The highest BCUT2D eigenvalue weighted by atomic mass is 16.7. The number of benzene rings is 1. The lowest BCUT2D eigenvalue weighted by atomic mass is 10.1. The molecule has 4 nitrogen and oxygen atoms in total. The first-order valence-corrected chi connectivity index (χ1v) is 3.71. The van der Waals surface area contributed by atoms with Gasteiger partial charge in [0.25, 0.3) is 0 Å². The third-order valence-electron chi connectivity index (χ3n) is 1.48. The molecule has 0 radical (unpaired) electrons. The first-order chi connectivity index (χ1) is 6.27. The number of nitrogens with one attached hydrogen (secondary N) is 1. The summed E-state index contributed by atoms with van der Waals surface area (Å²) in [5, 5.41) is 0. The van der Waals surface area contributed by atoms with E-state index in [1.54, 1.807) is 12.1 Å². The van der Waals surface area contributed by atoms with Gasteiger partial charge in [-0.05, 0) is 12.1 Å². The van der Waals surface area contributed by atoms with Crippen LogP contribution in [0.5, 0.6) is 0 Å². The van der Waals surface area contributed by atoms with Crippen LogP contribution in [-0.2, 0) is 4.84 Å². The zero-order valence-corrected chi connectivity index (χ0v) is 7.11. The maximum atomic E-state index is 11.1. The minimum Gasteiger partial charge on any atom is -0.367 e. The molecule has 0 bridgehead atoms. The second-order valence-electron chi connectivity index (χ2n) is 2.33. The molecule has 0 atom stereocenters. The molecule has 4 heteroatoms. The van der Waals surface area contributed by atoms with E-state index in [0.29, 0.717) is 17.4 Å². The first kappa shape index (κ1) is 9.41. The minimum absolute atomic E-state index is 0.403. The summed E-state index contributed by atoms with van der Waals surface area (Å²) in [6.07, 6.45) is 0.715. The summed E-state index contributed by atoms with van der Waals surface area (Å²) in [4.78, 5) is 25.9. The van der Waals surface area contributed by atoms with Gasteiger partial charge in [0.15, 0.2) is 0 Å². The first-order valence-electron chi connectivity index (χ1n) is 3.71. The van der Waals surface area contributed by atoms with Gasteiger partial charge >= 0.3 is 5.97 Å². The topological polar surface area (TPSA) is 55.4 Å². The summed E-state index contributed by atoms with van der Waals surface area (Å²) in [6, 6.07) is 6.17. The van der Waals surface area contributed by atoms with Crippen molar-refractivity contribution in [3.63, 3.8) is 0 Å². The molecule has 0 amide bonds. The van der Waals surface area contributed by atoms with Crippen molar-refractivity contribution in [3.8, 4) is 0 Å². The van der Waals surface area contributed by atoms with Crippen LogP contribution in [0.2, 0.25) is 0 Å². The largest absolute Gasteiger partial charge is 0.367 e. The molecule has 68 valence electrons. The van der Waals surface area contributed by atoms with Crippen molar-refractivity contribution in [1.82, 2.24) is 5.48 Å². The maximum absolute atomic E-state index is 11.1. The number of hydrogen-bond donors (Lipinski definition) is 1.